The second-order valence-corrected chi connectivity index (χ2v) is 6.57. The van der Waals surface area contributed by atoms with E-state index in [0.29, 0.717) is 11.1 Å². The number of aryl methyl sites for hydroxylation is 1. The second kappa shape index (κ2) is 6.12. The summed E-state index contributed by atoms with van der Waals surface area (Å²) in [6.45, 7) is 7.59. The normalized spacial score (nSPS) is 16.5. The number of amides is 3. The van der Waals surface area contributed by atoms with Crippen LogP contribution >= 0.6 is 0 Å². The molecule has 0 radical (unpaired) electrons. The van der Waals surface area contributed by atoms with Crippen molar-refractivity contribution in [3.8, 4) is 0 Å². The molecule has 0 aliphatic carbocycles. The molecule has 3 amide bonds. The summed E-state index contributed by atoms with van der Waals surface area (Å²) in [5.74, 6) is -1.12. The molecule has 0 saturated heterocycles. The van der Waals surface area contributed by atoms with Gasteiger partial charge in [-0.1, -0.05) is 25.5 Å². The number of carbonyl (C=O) groups excluding carboxylic acids is 3. The zero-order chi connectivity index (χ0) is 17.4. The van der Waals surface area contributed by atoms with Crippen LogP contribution in [0.15, 0.2) is 18.2 Å². The molecule has 0 spiro atoms. The number of carbonyl (C=O) groups is 3. The fourth-order valence-electron chi connectivity index (χ4n) is 2.48. The number of benzene rings is 1. The van der Waals surface area contributed by atoms with Crippen molar-refractivity contribution < 1.29 is 14.4 Å². The number of nitrogens with zero attached hydrogens (tertiary/aromatic N) is 1. The van der Waals surface area contributed by atoms with Crippen LogP contribution in [-0.2, 0) is 4.79 Å². The van der Waals surface area contributed by atoms with Gasteiger partial charge in [0.15, 0.2) is 0 Å². The molecule has 124 valence electrons. The standard InChI is InChI=1S/C17H23N3O3/c1-10(2)17(4,9-18)19-14(21)8-20-15(22)12-6-5-11(3)7-13(12)16(20)23/h5-7,10H,8-9,18H2,1-4H3,(H,19,21). The van der Waals surface area contributed by atoms with Crippen LogP contribution < -0.4 is 11.1 Å². The minimum Gasteiger partial charge on any atom is -0.348 e. The van der Waals surface area contributed by atoms with E-state index < -0.39 is 23.3 Å². The summed E-state index contributed by atoms with van der Waals surface area (Å²) in [5, 5.41) is 2.84. The molecule has 3 N–H and O–H groups in total. The number of nitrogens with one attached hydrogen (secondary N) is 1. The Kier molecular flexibility index (Phi) is 4.56. The van der Waals surface area contributed by atoms with Crippen molar-refractivity contribution >= 4 is 17.7 Å². The van der Waals surface area contributed by atoms with Gasteiger partial charge in [-0.15, -0.1) is 0 Å². The highest BCUT2D eigenvalue weighted by Gasteiger charge is 2.38. The van der Waals surface area contributed by atoms with E-state index in [2.05, 4.69) is 5.32 Å². The highest BCUT2D eigenvalue weighted by molar-refractivity contribution is 6.22. The predicted molar refractivity (Wildman–Crippen MR) is 87.0 cm³/mol. The van der Waals surface area contributed by atoms with Crippen LogP contribution in [0.25, 0.3) is 0 Å². The molecule has 2 rings (SSSR count). The molecular weight excluding hydrogens is 294 g/mol. The first-order valence-electron chi connectivity index (χ1n) is 7.67. The number of imide groups is 1. The van der Waals surface area contributed by atoms with Crippen molar-refractivity contribution in [1.82, 2.24) is 10.2 Å². The van der Waals surface area contributed by atoms with Gasteiger partial charge in [-0.2, -0.15) is 0 Å². The average molecular weight is 317 g/mol. The van der Waals surface area contributed by atoms with Crippen LogP contribution in [-0.4, -0.2) is 41.2 Å². The Bertz CT molecular complexity index is 669. The first-order valence-corrected chi connectivity index (χ1v) is 7.67. The van der Waals surface area contributed by atoms with E-state index in [4.69, 9.17) is 5.73 Å². The van der Waals surface area contributed by atoms with Crippen molar-refractivity contribution in [3.05, 3.63) is 34.9 Å². The van der Waals surface area contributed by atoms with E-state index >= 15 is 0 Å². The molecule has 1 unspecified atom stereocenters. The molecule has 1 aliphatic rings. The lowest BCUT2D eigenvalue weighted by atomic mass is 9.88. The molecule has 0 aromatic heterocycles. The summed E-state index contributed by atoms with van der Waals surface area (Å²) in [6.07, 6.45) is 0. The number of fused-ring (bicyclic) bond motifs is 1. The fourth-order valence-corrected chi connectivity index (χ4v) is 2.48. The third-order valence-electron chi connectivity index (χ3n) is 4.55. The molecule has 0 fully saturated rings. The smallest absolute Gasteiger partial charge is 0.262 e. The van der Waals surface area contributed by atoms with Crippen LogP contribution in [0.1, 0.15) is 47.1 Å². The minimum absolute atomic E-state index is 0.126. The summed E-state index contributed by atoms with van der Waals surface area (Å²) in [7, 11) is 0. The molecular formula is C17H23N3O3. The highest BCUT2D eigenvalue weighted by atomic mass is 16.2. The number of rotatable bonds is 5. The lowest BCUT2D eigenvalue weighted by molar-refractivity contribution is -0.123. The molecule has 1 aromatic carbocycles. The van der Waals surface area contributed by atoms with Crippen LogP contribution in [0.5, 0.6) is 0 Å². The molecule has 1 heterocycles. The number of hydrogen-bond acceptors (Lipinski definition) is 4. The Balaban J connectivity index is 2.14. The van der Waals surface area contributed by atoms with Crippen LogP contribution in [0, 0.1) is 12.8 Å². The van der Waals surface area contributed by atoms with Gasteiger partial charge in [-0.3, -0.25) is 19.3 Å². The average Bonchev–Trinajstić information content (AvgIpc) is 2.71. The topological polar surface area (TPSA) is 92.5 Å². The maximum Gasteiger partial charge on any atom is 0.262 e. The zero-order valence-electron chi connectivity index (χ0n) is 14.0. The van der Waals surface area contributed by atoms with E-state index in [0.717, 1.165) is 10.5 Å². The largest absolute Gasteiger partial charge is 0.348 e. The zero-order valence-corrected chi connectivity index (χ0v) is 14.0. The van der Waals surface area contributed by atoms with Gasteiger partial charge in [0, 0.05) is 6.54 Å². The maximum absolute atomic E-state index is 12.4. The number of hydrogen-bond donors (Lipinski definition) is 2. The Morgan fingerprint density at radius 1 is 1.26 bits per heavy atom. The molecule has 0 bridgehead atoms. The molecule has 6 heteroatoms. The Morgan fingerprint density at radius 3 is 2.43 bits per heavy atom. The van der Waals surface area contributed by atoms with Crippen LogP contribution in [0.4, 0.5) is 0 Å². The van der Waals surface area contributed by atoms with E-state index in [-0.39, 0.29) is 19.0 Å². The number of nitrogens with two attached hydrogens (primary N) is 1. The van der Waals surface area contributed by atoms with Gasteiger partial charge in [-0.25, -0.2) is 0 Å². The molecule has 1 aromatic rings. The van der Waals surface area contributed by atoms with Gasteiger partial charge in [0.1, 0.15) is 6.54 Å². The van der Waals surface area contributed by atoms with Gasteiger partial charge >= 0.3 is 0 Å². The summed E-state index contributed by atoms with van der Waals surface area (Å²) in [5.41, 5.74) is 6.76. The molecule has 1 atom stereocenters. The first-order chi connectivity index (χ1) is 10.7. The van der Waals surface area contributed by atoms with Crippen molar-refractivity contribution in [2.45, 2.75) is 33.2 Å². The Morgan fingerprint density at radius 2 is 1.87 bits per heavy atom. The Labute approximate surface area is 136 Å². The third kappa shape index (κ3) is 3.12. The second-order valence-electron chi connectivity index (χ2n) is 6.57. The van der Waals surface area contributed by atoms with Crippen LogP contribution in [0.3, 0.4) is 0 Å². The predicted octanol–water partition coefficient (Wildman–Crippen LogP) is 1.08. The van der Waals surface area contributed by atoms with E-state index in [1.807, 2.05) is 27.7 Å². The lowest BCUT2D eigenvalue weighted by Gasteiger charge is -2.34. The maximum atomic E-state index is 12.4. The van der Waals surface area contributed by atoms with E-state index in [9.17, 15) is 14.4 Å². The summed E-state index contributed by atoms with van der Waals surface area (Å²) in [6, 6.07) is 5.07. The van der Waals surface area contributed by atoms with E-state index in [1.165, 1.54) is 0 Å². The Hall–Kier alpha value is -2.21. The van der Waals surface area contributed by atoms with Crippen molar-refractivity contribution in [3.63, 3.8) is 0 Å². The van der Waals surface area contributed by atoms with E-state index in [1.54, 1.807) is 18.2 Å². The van der Waals surface area contributed by atoms with Crippen molar-refractivity contribution in [2.24, 2.45) is 11.7 Å². The first kappa shape index (κ1) is 17.1. The van der Waals surface area contributed by atoms with Gasteiger partial charge in [-0.05, 0) is 31.9 Å². The highest BCUT2D eigenvalue weighted by Crippen LogP contribution is 2.24. The van der Waals surface area contributed by atoms with Gasteiger partial charge in [0.25, 0.3) is 11.8 Å². The summed E-state index contributed by atoms with van der Waals surface area (Å²) in [4.78, 5) is 37.9. The van der Waals surface area contributed by atoms with Crippen molar-refractivity contribution in [2.75, 3.05) is 13.1 Å². The van der Waals surface area contributed by atoms with Gasteiger partial charge < -0.3 is 11.1 Å². The van der Waals surface area contributed by atoms with Crippen molar-refractivity contribution in [1.29, 1.82) is 0 Å². The summed E-state index contributed by atoms with van der Waals surface area (Å²) >= 11 is 0. The quantitative estimate of drug-likeness (QED) is 0.795. The third-order valence-corrected chi connectivity index (χ3v) is 4.55. The van der Waals surface area contributed by atoms with Gasteiger partial charge in [0.2, 0.25) is 5.91 Å². The minimum atomic E-state index is -0.577. The van der Waals surface area contributed by atoms with Crippen LogP contribution in [0.2, 0.25) is 0 Å². The van der Waals surface area contributed by atoms with Gasteiger partial charge in [0.05, 0.1) is 16.7 Å². The molecule has 0 saturated carbocycles. The monoisotopic (exact) mass is 317 g/mol. The lowest BCUT2D eigenvalue weighted by Crippen LogP contribution is -2.57. The SMILES string of the molecule is Cc1ccc2c(c1)C(=O)N(CC(=O)NC(C)(CN)C(C)C)C2=O. The summed E-state index contributed by atoms with van der Waals surface area (Å²) < 4.78 is 0. The molecule has 1 aliphatic heterocycles. The fraction of sp³-hybridized carbons (Fsp3) is 0.471. The molecule has 6 nitrogen and oxygen atoms in total. The molecule has 23 heavy (non-hydrogen) atoms.